The maximum absolute atomic E-state index is 12.4. The lowest BCUT2D eigenvalue weighted by molar-refractivity contribution is 0.0526. The second-order valence-corrected chi connectivity index (χ2v) is 4.82. The Labute approximate surface area is 123 Å². The van der Waals surface area contributed by atoms with Gasteiger partial charge < -0.3 is 9.64 Å². The molecule has 3 rings (SSSR count). The van der Waals surface area contributed by atoms with Crippen molar-refractivity contribution in [3.05, 3.63) is 65.2 Å². The van der Waals surface area contributed by atoms with Crippen molar-refractivity contribution in [2.45, 2.75) is 13.5 Å². The molecule has 4 nitrogen and oxygen atoms in total. The predicted octanol–water partition coefficient (Wildman–Crippen LogP) is 3.02. The minimum atomic E-state index is -0.347. The van der Waals surface area contributed by atoms with Gasteiger partial charge in [-0.2, -0.15) is 0 Å². The Morgan fingerprint density at radius 2 is 1.86 bits per heavy atom. The number of nitrogens with zero attached hydrogens (tertiary/aromatic N) is 1. The fourth-order valence-corrected chi connectivity index (χ4v) is 2.45. The van der Waals surface area contributed by atoms with Gasteiger partial charge in [-0.15, -0.1) is 0 Å². The second-order valence-electron chi connectivity index (χ2n) is 4.82. The summed E-state index contributed by atoms with van der Waals surface area (Å²) in [6, 6.07) is 14.5. The molecule has 2 aromatic carbocycles. The van der Waals surface area contributed by atoms with Crippen LogP contribution in [0.25, 0.3) is 0 Å². The van der Waals surface area contributed by atoms with E-state index in [1.165, 1.54) is 0 Å². The molecule has 1 aliphatic rings. The maximum atomic E-state index is 12.4. The highest BCUT2D eigenvalue weighted by molar-refractivity contribution is 6.10. The highest BCUT2D eigenvalue weighted by atomic mass is 16.5. The average molecular weight is 281 g/mol. The Bertz CT molecular complexity index is 691. The van der Waals surface area contributed by atoms with Gasteiger partial charge in [0.25, 0.3) is 5.91 Å². The average Bonchev–Trinajstić information content (AvgIpc) is 2.85. The molecule has 0 spiro atoms. The molecule has 106 valence electrons. The Balaban J connectivity index is 1.83. The molecule has 1 heterocycles. The molecule has 0 aliphatic carbocycles. The standard InChI is InChI=1S/C17H15NO3/c1-2-21-17(20)12-7-9-14(10-8-12)18-11-13-5-3-4-6-15(13)16(18)19/h3-10H,2,11H2,1H3. The van der Waals surface area contributed by atoms with Gasteiger partial charge in [0, 0.05) is 11.3 Å². The van der Waals surface area contributed by atoms with Gasteiger partial charge >= 0.3 is 5.97 Å². The van der Waals surface area contributed by atoms with Crippen LogP contribution in [0.5, 0.6) is 0 Å². The minimum Gasteiger partial charge on any atom is -0.462 e. The van der Waals surface area contributed by atoms with Crippen LogP contribution < -0.4 is 4.90 Å². The van der Waals surface area contributed by atoms with Gasteiger partial charge in [0.15, 0.2) is 0 Å². The van der Waals surface area contributed by atoms with Crippen LogP contribution in [-0.4, -0.2) is 18.5 Å². The highest BCUT2D eigenvalue weighted by Crippen LogP contribution is 2.28. The molecule has 0 fully saturated rings. The Morgan fingerprint density at radius 1 is 1.14 bits per heavy atom. The van der Waals surface area contributed by atoms with E-state index in [1.54, 1.807) is 36.1 Å². The normalized spacial score (nSPS) is 13.2. The van der Waals surface area contributed by atoms with E-state index in [4.69, 9.17) is 4.74 Å². The molecule has 0 radical (unpaired) electrons. The van der Waals surface area contributed by atoms with E-state index in [1.807, 2.05) is 24.3 Å². The highest BCUT2D eigenvalue weighted by Gasteiger charge is 2.27. The van der Waals surface area contributed by atoms with E-state index in [2.05, 4.69) is 0 Å². The minimum absolute atomic E-state index is 0.00511. The molecule has 0 unspecified atom stereocenters. The van der Waals surface area contributed by atoms with Crippen molar-refractivity contribution in [3.8, 4) is 0 Å². The monoisotopic (exact) mass is 281 g/mol. The first kappa shape index (κ1) is 13.4. The first-order chi connectivity index (χ1) is 10.2. The van der Waals surface area contributed by atoms with E-state index in [0.29, 0.717) is 18.7 Å². The van der Waals surface area contributed by atoms with Gasteiger partial charge in [-0.1, -0.05) is 18.2 Å². The maximum Gasteiger partial charge on any atom is 0.338 e. The Hall–Kier alpha value is -2.62. The van der Waals surface area contributed by atoms with Gasteiger partial charge in [-0.05, 0) is 42.8 Å². The summed E-state index contributed by atoms with van der Waals surface area (Å²) in [5.41, 5.74) is 3.04. The first-order valence-corrected chi connectivity index (χ1v) is 6.87. The summed E-state index contributed by atoms with van der Waals surface area (Å²) in [6.07, 6.45) is 0. The van der Waals surface area contributed by atoms with E-state index >= 15 is 0 Å². The summed E-state index contributed by atoms with van der Waals surface area (Å²) in [5.74, 6) is -0.352. The van der Waals surface area contributed by atoms with Gasteiger partial charge in [-0.3, -0.25) is 4.79 Å². The van der Waals surface area contributed by atoms with Gasteiger partial charge in [0.05, 0.1) is 18.7 Å². The molecule has 21 heavy (non-hydrogen) atoms. The number of fused-ring (bicyclic) bond motifs is 1. The lowest BCUT2D eigenvalue weighted by atomic mass is 10.1. The number of anilines is 1. The van der Waals surface area contributed by atoms with Crippen molar-refractivity contribution in [1.29, 1.82) is 0 Å². The largest absolute Gasteiger partial charge is 0.462 e. The summed E-state index contributed by atoms with van der Waals surface area (Å²) in [7, 11) is 0. The molecule has 0 saturated heterocycles. The zero-order valence-corrected chi connectivity index (χ0v) is 11.7. The Kier molecular flexibility index (Phi) is 3.44. The molecule has 4 heteroatoms. The number of amides is 1. The van der Waals surface area contributed by atoms with Gasteiger partial charge in [0.2, 0.25) is 0 Å². The summed E-state index contributed by atoms with van der Waals surface area (Å²) >= 11 is 0. The molecule has 0 saturated carbocycles. The lowest BCUT2D eigenvalue weighted by Crippen LogP contribution is -2.23. The van der Waals surface area contributed by atoms with Crippen molar-refractivity contribution in [2.24, 2.45) is 0 Å². The summed E-state index contributed by atoms with van der Waals surface area (Å²) in [6.45, 7) is 2.68. The quantitative estimate of drug-likeness (QED) is 0.812. The molecule has 0 aromatic heterocycles. The van der Waals surface area contributed by atoms with Crippen LogP contribution in [0.2, 0.25) is 0 Å². The van der Waals surface area contributed by atoms with Crippen molar-refractivity contribution in [1.82, 2.24) is 0 Å². The fraction of sp³-hybridized carbons (Fsp3) is 0.176. The zero-order chi connectivity index (χ0) is 14.8. The molecular formula is C17H15NO3. The van der Waals surface area contributed by atoms with E-state index in [-0.39, 0.29) is 11.9 Å². The van der Waals surface area contributed by atoms with Crippen LogP contribution in [0.15, 0.2) is 48.5 Å². The van der Waals surface area contributed by atoms with E-state index < -0.39 is 0 Å². The van der Waals surface area contributed by atoms with E-state index in [0.717, 1.165) is 16.8 Å². The summed E-state index contributed by atoms with van der Waals surface area (Å²) in [5, 5.41) is 0. The number of carbonyl (C=O) groups is 2. The van der Waals surface area contributed by atoms with Gasteiger partial charge in [-0.25, -0.2) is 4.79 Å². The third kappa shape index (κ3) is 2.40. The molecule has 1 aliphatic heterocycles. The third-order valence-corrected chi connectivity index (χ3v) is 3.51. The summed E-state index contributed by atoms with van der Waals surface area (Å²) < 4.78 is 4.95. The molecule has 0 bridgehead atoms. The number of hydrogen-bond acceptors (Lipinski definition) is 3. The fourth-order valence-electron chi connectivity index (χ4n) is 2.45. The number of hydrogen-bond donors (Lipinski definition) is 0. The predicted molar refractivity (Wildman–Crippen MR) is 79.4 cm³/mol. The lowest BCUT2D eigenvalue weighted by Gasteiger charge is -2.16. The van der Waals surface area contributed by atoms with Crippen LogP contribution in [0.3, 0.4) is 0 Å². The van der Waals surface area contributed by atoms with Crippen molar-refractivity contribution < 1.29 is 14.3 Å². The number of carbonyl (C=O) groups excluding carboxylic acids is 2. The van der Waals surface area contributed by atoms with E-state index in [9.17, 15) is 9.59 Å². The van der Waals surface area contributed by atoms with Crippen LogP contribution in [0, 0.1) is 0 Å². The first-order valence-electron chi connectivity index (χ1n) is 6.87. The smallest absolute Gasteiger partial charge is 0.338 e. The molecule has 0 atom stereocenters. The van der Waals surface area contributed by atoms with Crippen LogP contribution in [0.1, 0.15) is 33.2 Å². The zero-order valence-electron chi connectivity index (χ0n) is 11.7. The van der Waals surface area contributed by atoms with Crippen LogP contribution in [0.4, 0.5) is 5.69 Å². The molecule has 2 aromatic rings. The molecule has 0 N–H and O–H groups in total. The van der Waals surface area contributed by atoms with Crippen molar-refractivity contribution in [2.75, 3.05) is 11.5 Å². The van der Waals surface area contributed by atoms with Crippen molar-refractivity contribution in [3.63, 3.8) is 0 Å². The van der Waals surface area contributed by atoms with Crippen molar-refractivity contribution >= 4 is 17.6 Å². The topological polar surface area (TPSA) is 46.6 Å². The second kappa shape index (κ2) is 5.40. The molecular weight excluding hydrogens is 266 g/mol. The third-order valence-electron chi connectivity index (χ3n) is 3.51. The number of rotatable bonds is 3. The summed E-state index contributed by atoms with van der Waals surface area (Å²) in [4.78, 5) is 25.7. The number of benzene rings is 2. The number of ether oxygens (including phenoxy) is 1. The van der Waals surface area contributed by atoms with Crippen LogP contribution >= 0.6 is 0 Å². The molecule has 1 amide bonds. The van der Waals surface area contributed by atoms with Gasteiger partial charge in [0.1, 0.15) is 0 Å². The SMILES string of the molecule is CCOC(=O)c1ccc(N2Cc3ccccc3C2=O)cc1. The number of esters is 1. The van der Waals surface area contributed by atoms with Crippen LogP contribution in [-0.2, 0) is 11.3 Å². The Morgan fingerprint density at radius 3 is 2.52 bits per heavy atom.